The monoisotopic (exact) mass is 200 g/mol. The second-order valence-electron chi connectivity index (χ2n) is 2.64. The van der Waals surface area contributed by atoms with Crippen LogP contribution in [0.5, 0.6) is 5.75 Å². The van der Waals surface area contributed by atoms with Crippen molar-refractivity contribution in [2.75, 3.05) is 12.4 Å². The largest absolute Gasteiger partial charge is 0.508 e. The highest BCUT2D eigenvalue weighted by Gasteiger charge is 2.02. The Morgan fingerprint density at radius 3 is 2.38 bits per heavy atom. The van der Waals surface area contributed by atoms with Crippen LogP contribution in [-0.4, -0.2) is 33.8 Å². The maximum absolute atomic E-state index is 9.05. The summed E-state index contributed by atoms with van der Waals surface area (Å²) in [6.45, 7) is -0.217. The molecular weight excluding hydrogens is 188 g/mol. The van der Waals surface area contributed by atoms with Gasteiger partial charge in [0, 0.05) is 10.6 Å². The predicted molar refractivity (Wildman–Crippen MR) is 51.9 cm³/mol. The van der Waals surface area contributed by atoms with E-state index < -0.39 is 6.10 Å². The van der Waals surface area contributed by atoms with Crippen LogP contribution in [0.2, 0.25) is 0 Å². The number of rotatable bonds is 4. The second-order valence-corrected chi connectivity index (χ2v) is 3.73. The molecule has 0 saturated heterocycles. The van der Waals surface area contributed by atoms with Crippen molar-refractivity contribution in [1.29, 1.82) is 0 Å². The van der Waals surface area contributed by atoms with Gasteiger partial charge in [0.25, 0.3) is 0 Å². The average Bonchev–Trinajstić information content (AvgIpc) is 2.16. The van der Waals surface area contributed by atoms with Gasteiger partial charge in [0.15, 0.2) is 0 Å². The number of hydrogen-bond acceptors (Lipinski definition) is 4. The molecule has 72 valence electrons. The molecule has 1 aromatic carbocycles. The summed E-state index contributed by atoms with van der Waals surface area (Å²) in [5.74, 6) is 0.688. The first-order chi connectivity index (χ1) is 6.22. The molecule has 1 aromatic rings. The molecule has 0 aromatic heterocycles. The zero-order valence-corrected chi connectivity index (χ0v) is 7.87. The van der Waals surface area contributed by atoms with Crippen LogP contribution in [-0.2, 0) is 0 Å². The van der Waals surface area contributed by atoms with E-state index in [4.69, 9.17) is 15.3 Å². The van der Waals surface area contributed by atoms with Gasteiger partial charge in [-0.3, -0.25) is 0 Å². The summed E-state index contributed by atoms with van der Waals surface area (Å²) >= 11 is 1.44. The fourth-order valence-electron chi connectivity index (χ4n) is 0.787. The number of phenolic OH excluding ortho intramolecular Hbond substituents is 1. The Balaban J connectivity index is 2.41. The molecule has 0 heterocycles. The molecule has 0 bridgehead atoms. The highest BCUT2D eigenvalue weighted by molar-refractivity contribution is 7.99. The molecule has 0 spiro atoms. The number of aliphatic hydroxyl groups excluding tert-OH is 2. The molecule has 0 aliphatic rings. The van der Waals surface area contributed by atoms with Crippen molar-refractivity contribution in [3.8, 4) is 5.75 Å². The molecule has 0 aliphatic carbocycles. The van der Waals surface area contributed by atoms with Gasteiger partial charge in [0.05, 0.1) is 12.7 Å². The number of benzene rings is 1. The maximum atomic E-state index is 9.05. The van der Waals surface area contributed by atoms with Crippen LogP contribution >= 0.6 is 11.8 Å². The predicted octanol–water partition coefficient (Wildman–Crippen LogP) is 0.838. The molecule has 4 heteroatoms. The summed E-state index contributed by atoms with van der Waals surface area (Å²) in [5.41, 5.74) is 0. The van der Waals surface area contributed by atoms with Gasteiger partial charge in [-0.1, -0.05) is 0 Å². The highest BCUT2D eigenvalue weighted by atomic mass is 32.2. The average molecular weight is 200 g/mol. The molecule has 0 fully saturated rings. The standard InChI is InChI=1S/C9H12O3S/c10-5-8(12)6-13-9-3-1-7(11)2-4-9/h1-4,8,10-12H,5-6H2. The fourth-order valence-corrected chi connectivity index (χ4v) is 1.61. The number of phenols is 1. The highest BCUT2D eigenvalue weighted by Crippen LogP contribution is 2.21. The molecule has 3 N–H and O–H groups in total. The Bertz CT molecular complexity index is 248. The van der Waals surface area contributed by atoms with Crippen LogP contribution in [0.1, 0.15) is 0 Å². The molecule has 0 saturated carbocycles. The third kappa shape index (κ3) is 3.67. The summed E-state index contributed by atoms with van der Waals surface area (Å²) in [4.78, 5) is 0.963. The van der Waals surface area contributed by atoms with Crippen molar-refractivity contribution in [2.24, 2.45) is 0 Å². The van der Waals surface area contributed by atoms with Gasteiger partial charge in [-0.25, -0.2) is 0 Å². The van der Waals surface area contributed by atoms with Gasteiger partial charge in [-0.2, -0.15) is 0 Å². The zero-order chi connectivity index (χ0) is 9.68. The summed E-state index contributed by atoms with van der Waals surface area (Å²) in [6.07, 6.45) is -0.682. The van der Waals surface area contributed by atoms with Gasteiger partial charge in [-0.15, -0.1) is 11.8 Å². The van der Waals surface area contributed by atoms with Crippen LogP contribution < -0.4 is 0 Å². The normalized spacial score (nSPS) is 12.8. The zero-order valence-electron chi connectivity index (χ0n) is 7.05. The van der Waals surface area contributed by atoms with Crippen LogP contribution in [0, 0.1) is 0 Å². The van der Waals surface area contributed by atoms with Crippen LogP contribution in [0.3, 0.4) is 0 Å². The van der Waals surface area contributed by atoms with E-state index in [2.05, 4.69) is 0 Å². The summed E-state index contributed by atoms with van der Waals surface area (Å²) in [7, 11) is 0. The molecule has 3 nitrogen and oxygen atoms in total. The first kappa shape index (κ1) is 10.4. The lowest BCUT2D eigenvalue weighted by atomic mass is 10.3. The van der Waals surface area contributed by atoms with E-state index in [0.717, 1.165) is 4.90 Å². The molecule has 13 heavy (non-hydrogen) atoms. The van der Waals surface area contributed by atoms with Gasteiger partial charge >= 0.3 is 0 Å². The van der Waals surface area contributed by atoms with Crippen molar-refractivity contribution >= 4 is 11.8 Å². The third-order valence-corrected chi connectivity index (χ3v) is 2.65. The number of aromatic hydroxyl groups is 1. The van der Waals surface area contributed by atoms with Gasteiger partial charge in [-0.05, 0) is 24.3 Å². The van der Waals surface area contributed by atoms with Gasteiger partial charge in [0.2, 0.25) is 0 Å². The van der Waals surface area contributed by atoms with E-state index in [9.17, 15) is 0 Å². The van der Waals surface area contributed by atoms with E-state index in [1.165, 1.54) is 11.8 Å². The van der Waals surface area contributed by atoms with Crippen LogP contribution in [0.4, 0.5) is 0 Å². The van der Waals surface area contributed by atoms with Crippen molar-refractivity contribution in [2.45, 2.75) is 11.0 Å². The fraction of sp³-hybridized carbons (Fsp3) is 0.333. The summed E-state index contributed by atoms with van der Waals surface area (Å²) in [6, 6.07) is 6.72. The third-order valence-electron chi connectivity index (χ3n) is 1.49. The van der Waals surface area contributed by atoms with E-state index in [1.54, 1.807) is 24.3 Å². The van der Waals surface area contributed by atoms with E-state index in [1.807, 2.05) is 0 Å². The molecular formula is C9H12O3S. The maximum Gasteiger partial charge on any atom is 0.115 e. The molecule has 0 aliphatic heterocycles. The van der Waals surface area contributed by atoms with Crippen molar-refractivity contribution in [3.05, 3.63) is 24.3 Å². The van der Waals surface area contributed by atoms with Gasteiger partial charge in [0.1, 0.15) is 5.75 Å². The Morgan fingerprint density at radius 2 is 1.85 bits per heavy atom. The molecule has 1 rings (SSSR count). The van der Waals surface area contributed by atoms with Crippen molar-refractivity contribution in [1.82, 2.24) is 0 Å². The molecule has 0 amide bonds. The lowest BCUT2D eigenvalue weighted by Crippen LogP contribution is -2.14. The Hall–Kier alpha value is -0.710. The number of thioether (sulfide) groups is 1. The molecule has 1 unspecified atom stereocenters. The first-order valence-corrected chi connectivity index (χ1v) is 4.91. The summed E-state index contributed by atoms with van der Waals surface area (Å²) < 4.78 is 0. The smallest absolute Gasteiger partial charge is 0.115 e. The van der Waals surface area contributed by atoms with E-state index >= 15 is 0 Å². The van der Waals surface area contributed by atoms with Crippen molar-refractivity contribution < 1.29 is 15.3 Å². The van der Waals surface area contributed by atoms with E-state index in [-0.39, 0.29) is 12.4 Å². The minimum Gasteiger partial charge on any atom is -0.508 e. The molecule has 0 radical (unpaired) electrons. The Labute approximate surface area is 81.0 Å². The quantitative estimate of drug-likeness (QED) is 0.630. The number of aliphatic hydroxyl groups is 2. The van der Waals surface area contributed by atoms with Crippen molar-refractivity contribution in [3.63, 3.8) is 0 Å². The minimum absolute atomic E-state index is 0.217. The first-order valence-electron chi connectivity index (χ1n) is 3.93. The lowest BCUT2D eigenvalue weighted by Gasteiger charge is -2.05. The van der Waals surface area contributed by atoms with E-state index in [0.29, 0.717) is 5.75 Å². The summed E-state index contributed by atoms with van der Waals surface area (Å²) in [5, 5.41) is 26.6. The van der Waals surface area contributed by atoms with Gasteiger partial charge < -0.3 is 15.3 Å². The topological polar surface area (TPSA) is 60.7 Å². The van der Waals surface area contributed by atoms with Crippen LogP contribution in [0.15, 0.2) is 29.2 Å². The Morgan fingerprint density at radius 1 is 1.23 bits per heavy atom. The second kappa shape index (κ2) is 5.11. The Kier molecular flexibility index (Phi) is 4.08. The van der Waals surface area contributed by atoms with Crippen LogP contribution in [0.25, 0.3) is 0 Å². The molecule has 1 atom stereocenters. The minimum atomic E-state index is -0.682. The number of hydrogen-bond donors (Lipinski definition) is 3. The lowest BCUT2D eigenvalue weighted by molar-refractivity contribution is 0.113. The SMILES string of the molecule is OCC(O)CSc1ccc(O)cc1.